The van der Waals surface area contributed by atoms with E-state index in [2.05, 4.69) is 15.3 Å². The van der Waals surface area contributed by atoms with Crippen LogP contribution < -0.4 is 5.32 Å². The summed E-state index contributed by atoms with van der Waals surface area (Å²) < 4.78 is 12.6. The lowest BCUT2D eigenvalue weighted by atomic mass is 10.2. The van der Waals surface area contributed by atoms with Crippen LogP contribution in [0.15, 0.2) is 30.5 Å². The van der Waals surface area contributed by atoms with E-state index >= 15 is 0 Å². The van der Waals surface area contributed by atoms with E-state index in [4.69, 9.17) is 23.2 Å². The fourth-order valence-corrected chi connectivity index (χ4v) is 1.69. The number of anilines is 1. The number of rotatable bonds is 2. The standard InChI is InChI=1S/C11H6Cl2FN3O/c12-8-3-6(4-9(13)16-8)11(18)17-10-2-1-7(14)5-15-10/h1-5H,(H,15,17,18). The summed E-state index contributed by atoms with van der Waals surface area (Å²) in [6.07, 6.45) is 1.00. The molecule has 92 valence electrons. The molecule has 0 radical (unpaired) electrons. The molecule has 0 aromatic carbocycles. The zero-order valence-electron chi connectivity index (χ0n) is 8.82. The first-order valence-electron chi connectivity index (χ1n) is 4.80. The van der Waals surface area contributed by atoms with Crippen molar-refractivity contribution in [2.45, 2.75) is 0 Å². The molecule has 2 heterocycles. The van der Waals surface area contributed by atoms with Crippen LogP contribution in [0.25, 0.3) is 0 Å². The number of nitrogens with one attached hydrogen (secondary N) is 1. The zero-order chi connectivity index (χ0) is 13.1. The van der Waals surface area contributed by atoms with Gasteiger partial charge in [0.2, 0.25) is 0 Å². The molecule has 0 saturated heterocycles. The lowest BCUT2D eigenvalue weighted by Crippen LogP contribution is -2.13. The third kappa shape index (κ3) is 3.15. The fraction of sp³-hybridized carbons (Fsp3) is 0. The van der Waals surface area contributed by atoms with E-state index in [9.17, 15) is 9.18 Å². The second kappa shape index (κ2) is 5.29. The van der Waals surface area contributed by atoms with Crippen molar-refractivity contribution >= 4 is 34.9 Å². The van der Waals surface area contributed by atoms with Crippen LogP contribution in [0.5, 0.6) is 0 Å². The maximum Gasteiger partial charge on any atom is 0.257 e. The highest BCUT2D eigenvalue weighted by Gasteiger charge is 2.09. The van der Waals surface area contributed by atoms with Crippen molar-refractivity contribution < 1.29 is 9.18 Å². The van der Waals surface area contributed by atoms with Crippen molar-refractivity contribution in [2.24, 2.45) is 0 Å². The summed E-state index contributed by atoms with van der Waals surface area (Å²) in [5.41, 5.74) is 0.242. The van der Waals surface area contributed by atoms with Gasteiger partial charge >= 0.3 is 0 Å². The number of hydrogen-bond acceptors (Lipinski definition) is 3. The summed E-state index contributed by atoms with van der Waals surface area (Å²) in [4.78, 5) is 19.2. The number of hydrogen-bond donors (Lipinski definition) is 1. The topological polar surface area (TPSA) is 54.9 Å². The van der Waals surface area contributed by atoms with Crippen LogP contribution in [0.3, 0.4) is 0 Å². The summed E-state index contributed by atoms with van der Waals surface area (Å²) in [5.74, 6) is -0.714. The number of amides is 1. The van der Waals surface area contributed by atoms with Gasteiger partial charge in [-0.25, -0.2) is 14.4 Å². The Bertz CT molecular complexity index is 569. The molecule has 2 aromatic rings. The van der Waals surface area contributed by atoms with Crippen molar-refractivity contribution in [1.82, 2.24) is 9.97 Å². The van der Waals surface area contributed by atoms with Crippen LogP contribution in [0.1, 0.15) is 10.4 Å². The quantitative estimate of drug-likeness (QED) is 0.863. The van der Waals surface area contributed by atoms with Crippen LogP contribution in [0.4, 0.5) is 10.2 Å². The number of halogens is 3. The molecule has 1 amide bonds. The highest BCUT2D eigenvalue weighted by atomic mass is 35.5. The monoisotopic (exact) mass is 285 g/mol. The minimum atomic E-state index is -0.483. The second-order valence-electron chi connectivity index (χ2n) is 3.32. The molecule has 18 heavy (non-hydrogen) atoms. The Balaban J connectivity index is 2.19. The molecule has 0 bridgehead atoms. The predicted octanol–water partition coefficient (Wildman–Crippen LogP) is 3.17. The van der Waals surface area contributed by atoms with Gasteiger partial charge in [-0.05, 0) is 24.3 Å². The van der Waals surface area contributed by atoms with E-state index < -0.39 is 11.7 Å². The molecule has 0 aliphatic heterocycles. The molecule has 1 N–H and O–H groups in total. The highest BCUT2D eigenvalue weighted by molar-refractivity contribution is 6.33. The van der Waals surface area contributed by atoms with Crippen molar-refractivity contribution in [3.8, 4) is 0 Å². The summed E-state index contributed by atoms with van der Waals surface area (Å²) in [7, 11) is 0. The molecule has 4 nitrogen and oxygen atoms in total. The second-order valence-corrected chi connectivity index (χ2v) is 4.09. The molecular weight excluding hydrogens is 280 g/mol. The number of pyridine rings is 2. The van der Waals surface area contributed by atoms with Gasteiger partial charge in [0.25, 0.3) is 5.91 Å². The zero-order valence-corrected chi connectivity index (χ0v) is 10.3. The van der Waals surface area contributed by atoms with E-state index in [1.54, 1.807) is 0 Å². The minimum absolute atomic E-state index is 0.111. The van der Waals surface area contributed by atoms with Gasteiger partial charge < -0.3 is 5.32 Å². The van der Waals surface area contributed by atoms with E-state index in [1.807, 2.05) is 0 Å². The third-order valence-corrected chi connectivity index (χ3v) is 2.38. The number of aromatic nitrogens is 2. The van der Waals surface area contributed by atoms with Gasteiger partial charge in [-0.2, -0.15) is 0 Å². The van der Waals surface area contributed by atoms with Crippen LogP contribution in [0.2, 0.25) is 10.3 Å². The molecular formula is C11H6Cl2FN3O. The molecule has 0 aliphatic carbocycles. The largest absolute Gasteiger partial charge is 0.307 e. The summed E-state index contributed by atoms with van der Waals surface area (Å²) >= 11 is 11.4. The predicted molar refractivity (Wildman–Crippen MR) is 66.4 cm³/mol. The summed E-state index contributed by atoms with van der Waals surface area (Å²) in [6, 6.07) is 5.27. The SMILES string of the molecule is O=C(Nc1ccc(F)cn1)c1cc(Cl)nc(Cl)c1. The first-order valence-corrected chi connectivity index (χ1v) is 5.56. The molecule has 0 unspecified atom stereocenters. The Morgan fingerprint density at radius 3 is 2.44 bits per heavy atom. The summed E-state index contributed by atoms with van der Waals surface area (Å²) in [5, 5.41) is 2.70. The Kier molecular flexibility index (Phi) is 3.74. The van der Waals surface area contributed by atoms with Crippen LogP contribution in [0, 0.1) is 5.82 Å². The normalized spacial score (nSPS) is 10.2. The Morgan fingerprint density at radius 1 is 1.22 bits per heavy atom. The number of carbonyl (C=O) groups excluding carboxylic acids is 1. The maximum absolute atomic E-state index is 12.6. The van der Waals surface area contributed by atoms with Gasteiger partial charge in [-0.15, -0.1) is 0 Å². The molecule has 0 fully saturated rings. The Hall–Kier alpha value is -1.72. The maximum atomic E-state index is 12.6. The molecule has 0 atom stereocenters. The molecule has 2 rings (SSSR count). The average molecular weight is 286 g/mol. The van der Waals surface area contributed by atoms with E-state index in [0.29, 0.717) is 0 Å². The lowest BCUT2D eigenvalue weighted by molar-refractivity contribution is 0.102. The van der Waals surface area contributed by atoms with E-state index in [0.717, 1.165) is 6.20 Å². The average Bonchev–Trinajstić information content (AvgIpc) is 2.31. The van der Waals surface area contributed by atoms with Crippen molar-refractivity contribution in [3.63, 3.8) is 0 Å². The van der Waals surface area contributed by atoms with Gasteiger partial charge in [0, 0.05) is 5.56 Å². The minimum Gasteiger partial charge on any atom is -0.307 e. The van der Waals surface area contributed by atoms with Crippen molar-refractivity contribution in [1.29, 1.82) is 0 Å². The van der Waals surface area contributed by atoms with Gasteiger partial charge in [0.05, 0.1) is 6.20 Å². The fourth-order valence-electron chi connectivity index (χ4n) is 1.23. The van der Waals surface area contributed by atoms with E-state index in [1.165, 1.54) is 24.3 Å². The van der Waals surface area contributed by atoms with E-state index in [-0.39, 0.29) is 21.7 Å². The molecule has 0 aliphatic rings. The highest BCUT2D eigenvalue weighted by Crippen LogP contribution is 2.15. The van der Waals surface area contributed by atoms with Crippen molar-refractivity contribution in [3.05, 3.63) is 52.1 Å². The van der Waals surface area contributed by atoms with Gasteiger partial charge in [0.1, 0.15) is 21.9 Å². The van der Waals surface area contributed by atoms with Crippen LogP contribution >= 0.6 is 23.2 Å². The van der Waals surface area contributed by atoms with Crippen LogP contribution in [-0.4, -0.2) is 15.9 Å². The number of nitrogens with zero attached hydrogens (tertiary/aromatic N) is 2. The Morgan fingerprint density at radius 2 is 1.89 bits per heavy atom. The number of carbonyl (C=O) groups is 1. The smallest absolute Gasteiger partial charge is 0.257 e. The van der Waals surface area contributed by atoms with Crippen molar-refractivity contribution in [2.75, 3.05) is 5.32 Å². The van der Waals surface area contributed by atoms with Gasteiger partial charge in [0.15, 0.2) is 0 Å². The first-order chi connectivity index (χ1) is 8.54. The first kappa shape index (κ1) is 12.7. The lowest BCUT2D eigenvalue weighted by Gasteiger charge is -2.04. The Labute approximate surface area is 112 Å². The van der Waals surface area contributed by atoms with Gasteiger partial charge in [-0.3, -0.25) is 4.79 Å². The molecule has 0 spiro atoms. The van der Waals surface area contributed by atoms with Gasteiger partial charge in [-0.1, -0.05) is 23.2 Å². The third-order valence-electron chi connectivity index (χ3n) is 1.99. The molecule has 2 aromatic heterocycles. The summed E-state index contributed by atoms with van der Waals surface area (Å²) in [6.45, 7) is 0. The molecule has 0 saturated carbocycles. The van der Waals surface area contributed by atoms with Crippen LogP contribution in [-0.2, 0) is 0 Å². The molecule has 7 heteroatoms.